The van der Waals surface area contributed by atoms with Crippen molar-refractivity contribution < 1.29 is 18.7 Å². The zero-order valence-electron chi connectivity index (χ0n) is 14.1. The molecule has 0 unspecified atom stereocenters. The van der Waals surface area contributed by atoms with Gasteiger partial charge in [-0.25, -0.2) is 4.79 Å². The zero-order chi connectivity index (χ0) is 19.2. The number of ether oxygens (including phenoxy) is 1. The highest BCUT2D eigenvalue weighted by molar-refractivity contribution is 14.1. The number of aromatic nitrogens is 1. The van der Waals surface area contributed by atoms with Gasteiger partial charge in [-0.1, -0.05) is 42.5 Å². The van der Waals surface area contributed by atoms with Crippen LogP contribution in [0, 0.1) is 3.57 Å². The van der Waals surface area contributed by atoms with E-state index >= 15 is 0 Å². The second-order valence-corrected chi connectivity index (χ2v) is 6.75. The first-order valence-corrected chi connectivity index (χ1v) is 9.11. The second kappa shape index (κ2) is 8.67. The molecule has 1 aromatic heterocycles. The van der Waals surface area contributed by atoms with E-state index in [-0.39, 0.29) is 18.3 Å². The molecule has 1 atom stereocenters. The number of hydrogen-bond donors (Lipinski definition) is 2. The summed E-state index contributed by atoms with van der Waals surface area (Å²) >= 11 is 2.07. The van der Waals surface area contributed by atoms with E-state index in [9.17, 15) is 9.59 Å². The third-order valence-electron chi connectivity index (χ3n) is 3.74. The molecule has 0 fully saturated rings. The highest BCUT2D eigenvalue weighted by Gasteiger charge is 2.21. The van der Waals surface area contributed by atoms with Crippen LogP contribution in [0.2, 0.25) is 0 Å². The third kappa shape index (κ3) is 4.85. The average Bonchev–Trinajstić information content (AvgIpc) is 3.12. The number of esters is 1. The van der Waals surface area contributed by atoms with Gasteiger partial charge >= 0.3 is 5.97 Å². The Kier molecular flexibility index (Phi) is 6.07. The van der Waals surface area contributed by atoms with Crippen molar-refractivity contribution in [3.63, 3.8) is 0 Å². The number of carbonyl (C=O) groups is 2. The van der Waals surface area contributed by atoms with Crippen molar-refractivity contribution in [3.8, 4) is 0 Å². The lowest BCUT2D eigenvalue weighted by Crippen LogP contribution is -2.32. The Hall–Kier alpha value is -2.88. The monoisotopic (exact) mass is 477 g/mol. The van der Waals surface area contributed by atoms with Crippen LogP contribution in [0.15, 0.2) is 65.3 Å². The molecule has 1 amide bonds. The smallest absolute Gasteiger partial charge is 0.339 e. The molecule has 7 nitrogen and oxygen atoms in total. The molecule has 2 aromatic carbocycles. The number of benzene rings is 2. The predicted octanol–water partition coefficient (Wildman–Crippen LogP) is 3.19. The van der Waals surface area contributed by atoms with Crippen LogP contribution in [0.3, 0.4) is 0 Å². The van der Waals surface area contributed by atoms with Crippen LogP contribution in [0.25, 0.3) is 0 Å². The van der Waals surface area contributed by atoms with Crippen LogP contribution in [0.1, 0.15) is 32.5 Å². The standard InChI is InChI=1S/C19H16IN3O4/c20-14-9-5-4-8-13(14)18(25)26-10-15(12-6-2-1-3-7-12)22-17(24)16-11-27-19(21)23-16/h1-9,11,15H,10H2,(H2,21,23)(H,22,24)/t15-/m0/s1. The number of amides is 1. The van der Waals surface area contributed by atoms with Gasteiger partial charge in [-0.05, 0) is 40.3 Å². The normalized spacial score (nSPS) is 11.6. The number of nitrogens with one attached hydrogen (secondary N) is 1. The Morgan fingerprint density at radius 1 is 1.15 bits per heavy atom. The van der Waals surface area contributed by atoms with Crippen molar-refractivity contribution in [1.29, 1.82) is 0 Å². The summed E-state index contributed by atoms with van der Waals surface area (Å²) in [6.45, 7) is -0.0348. The fourth-order valence-corrected chi connectivity index (χ4v) is 3.00. The molecule has 27 heavy (non-hydrogen) atoms. The number of halogens is 1. The molecule has 0 radical (unpaired) electrons. The van der Waals surface area contributed by atoms with E-state index in [1.54, 1.807) is 12.1 Å². The molecule has 3 N–H and O–H groups in total. The van der Waals surface area contributed by atoms with E-state index in [2.05, 4.69) is 32.9 Å². The van der Waals surface area contributed by atoms with E-state index in [1.807, 2.05) is 42.5 Å². The van der Waals surface area contributed by atoms with Crippen molar-refractivity contribution in [2.24, 2.45) is 0 Å². The number of hydrogen-bond acceptors (Lipinski definition) is 6. The summed E-state index contributed by atoms with van der Waals surface area (Å²) in [5, 5.41) is 2.79. The summed E-state index contributed by atoms with van der Waals surface area (Å²) in [5.41, 5.74) is 6.72. The molecule has 3 aromatic rings. The molecule has 0 aliphatic rings. The van der Waals surface area contributed by atoms with Crippen molar-refractivity contribution in [2.75, 3.05) is 12.3 Å². The number of carbonyl (C=O) groups excluding carboxylic acids is 2. The molecular formula is C19H16IN3O4. The van der Waals surface area contributed by atoms with Gasteiger partial charge in [0.1, 0.15) is 12.9 Å². The molecule has 0 aliphatic heterocycles. The minimum atomic E-state index is -0.554. The van der Waals surface area contributed by atoms with Gasteiger partial charge in [0.2, 0.25) is 0 Å². The van der Waals surface area contributed by atoms with Gasteiger partial charge in [0.05, 0.1) is 11.6 Å². The minimum absolute atomic E-state index is 0.0348. The zero-order valence-corrected chi connectivity index (χ0v) is 16.3. The van der Waals surface area contributed by atoms with Crippen LogP contribution in [0.5, 0.6) is 0 Å². The maximum absolute atomic E-state index is 12.4. The van der Waals surface area contributed by atoms with Gasteiger partial charge < -0.3 is 20.2 Å². The van der Waals surface area contributed by atoms with Gasteiger partial charge in [0.25, 0.3) is 11.9 Å². The SMILES string of the molecule is Nc1nc(C(=O)N[C@@H](COC(=O)c2ccccc2I)c2ccccc2)co1. The quantitative estimate of drug-likeness (QED) is 0.417. The first kappa shape index (κ1) is 18.9. The summed E-state index contributed by atoms with van der Waals surface area (Å²) in [5.74, 6) is -0.935. The summed E-state index contributed by atoms with van der Waals surface area (Å²) < 4.78 is 11.1. The van der Waals surface area contributed by atoms with E-state index in [1.165, 1.54) is 6.26 Å². The Balaban J connectivity index is 1.74. The minimum Gasteiger partial charge on any atom is -0.460 e. The number of nitrogens with two attached hydrogens (primary N) is 1. The Morgan fingerprint density at radius 3 is 2.52 bits per heavy atom. The molecule has 3 rings (SSSR count). The summed E-state index contributed by atoms with van der Waals surface area (Å²) in [6, 6.07) is 15.7. The molecule has 0 aliphatic carbocycles. The van der Waals surface area contributed by atoms with Gasteiger partial charge in [0.15, 0.2) is 5.69 Å². The lowest BCUT2D eigenvalue weighted by atomic mass is 10.1. The van der Waals surface area contributed by atoms with Crippen LogP contribution >= 0.6 is 22.6 Å². The molecule has 0 bridgehead atoms. The first-order valence-electron chi connectivity index (χ1n) is 8.03. The number of nitrogens with zero attached hydrogens (tertiary/aromatic N) is 1. The van der Waals surface area contributed by atoms with Crippen molar-refractivity contribution in [2.45, 2.75) is 6.04 Å². The topological polar surface area (TPSA) is 107 Å². The maximum atomic E-state index is 12.4. The maximum Gasteiger partial charge on any atom is 0.339 e. The fraction of sp³-hybridized carbons (Fsp3) is 0.105. The van der Waals surface area contributed by atoms with Crippen molar-refractivity contribution in [1.82, 2.24) is 10.3 Å². The van der Waals surface area contributed by atoms with Gasteiger partial charge in [-0.3, -0.25) is 4.79 Å². The van der Waals surface area contributed by atoms with E-state index in [0.29, 0.717) is 5.56 Å². The molecule has 0 spiro atoms. The number of nitrogen functional groups attached to an aromatic ring is 1. The lowest BCUT2D eigenvalue weighted by Gasteiger charge is -2.19. The molecule has 1 heterocycles. The summed E-state index contributed by atoms with van der Waals surface area (Å²) in [7, 11) is 0. The van der Waals surface area contributed by atoms with Gasteiger partial charge in [-0.15, -0.1) is 0 Å². The van der Waals surface area contributed by atoms with Crippen LogP contribution < -0.4 is 11.1 Å². The van der Waals surface area contributed by atoms with E-state index < -0.39 is 17.9 Å². The number of rotatable bonds is 6. The van der Waals surface area contributed by atoms with Crippen LogP contribution in [-0.2, 0) is 4.74 Å². The average molecular weight is 477 g/mol. The third-order valence-corrected chi connectivity index (χ3v) is 4.68. The molecule has 0 saturated carbocycles. The predicted molar refractivity (Wildman–Crippen MR) is 107 cm³/mol. The van der Waals surface area contributed by atoms with Crippen LogP contribution in [-0.4, -0.2) is 23.5 Å². The Bertz CT molecular complexity index is 943. The number of oxazole rings is 1. The Labute approximate surface area is 169 Å². The summed E-state index contributed by atoms with van der Waals surface area (Å²) in [6.07, 6.45) is 1.17. The molecule has 0 saturated heterocycles. The first-order chi connectivity index (χ1) is 13.0. The van der Waals surface area contributed by atoms with E-state index in [4.69, 9.17) is 14.9 Å². The largest absolute Gasteiger partial charge is 0.460 e. The highest BCUT2D eigenvalue weighted by atomic mass is 127. The lowest BCUT2D eigenvalue weighted by molar-refractivity contribution is 0.0454. The second-order valence-electron chi connectivity index (χ2n) is 5.59. The van der Waals surface area contributed by atoms with Crippen LogP contribution in [0.4, 0.5) is 6.01 Å². The van der Waals surface area contributed by atoms with Crippen molar-refractivity contribution in [3.05, 3.63) is 81.3 Å². The van der Waals surface area contributed by atoms with E-state index in [0.717, 1.165) is 9.13 Å². The molecule has 138 valence electrons. The molecular weight excluding hydrogens is 461 g/mol. The van der Waals surface area contributed by atoms with Crippen molar-refractivity contribution >= 4 is 40.5 Å². The Morgan fingerprint density at radius 2 is 1.85 bits per heavy atom. The fourth-order valence-electron chi connectivity index (χ4n) is 2.39. The summed E-state index contributed by atoms with van der Waals surface area (Å²) in [4.78, 5) is 28.6. The molecule has 8 heteroatoms. The number of anilines is 1. The highest BCUT2D eigenvalue weighted by Crippen LogP contribution is 2.17. The van der Waals surface area contributed by atoms with Gasteiger partial charge in [0, 0.05) is 3.57 Å². The van der Waals surface area contributed by atoms with Gasteiger partial charge in [-0.2, -0.15) is 4.98 Å².